The molecule has 0 aromatic carbocycles. The summed E-state index contributed by atoms with van der Waals surface area (Å²) < 4.78 is 39.1. The lowest BCUT2D eigenvalue weighted by Crippen LogP contribution is -2.49. The highest BCUT2D eigenvalue weighted by atomic mass is 32.2. The summed E-state index contributed by atoms with van der Waals surface area (Å²) in [4.78, 5) is 0. The van der Waals surface area contributed by atoms with Crippen LogP contribution >= 0.6 is 12.0 Å². The average Bonchev–Trinajstić information content (AvgIpc) is 2.86. The molecule has 0 saturated heterocycles. The van der Waals surface area contributed by atoms with E-state index in [1.165, 1.54) is 70.8 Å². The van der Waals surface area contributed by atoms with Gasteiger partial charge in [0.1, 0.15) is 0 Å². The lowest BCUT2D eigenvalue weighted by molar-refractivity contribution is -0.925. The van der Waals surface area contributed by atoms with Gasteiger partial charge >= 0.3 is 0 Å². The third kappa shape index (κ3) is 18.3. The molecule has 0 fully saturated rings. The fraction of sp³-hybridized carbons (Fsp3) is 1.00. The van der Waals surface area contributed by atoms with Crippen LogP contribution in [-0.2, 0) is 19.5 Å². The van der Waals surface area contributed by atoms with E-state index in [1.54, 1.807) is 0 Å². The largest absolute Gasteiger partial charge is 0.748 e. The Hall–Kier alpha value is 0.0600. The zero-order chi connectivity index (χ0) is 27.2. The van der Waals surface area contributed by atoms with E-state index in [1.807, 2.05) is 0 Å². The third-order valence-corrected chi connectivity index (χ3v) is 9.56. The molecule has 0 atom stereocenters. The average molecular weight is 557 g/mol. The Morgan fingerprint density at radius 1 is 0.611 bits per heavy atom. The number of unbranched alkanes of at least 4 members (excludes halogenated alkanes) is 9. The van der Waals surface area contributed by atoms with Gasteiger partial charge in [0.15, 0.2) is 0 Å². The Bertz CT molecular complexity index is 599. The molecule has 0 aliphatic rings. The summed E-state index contributed by atoms with van der Waals surface area (Å²) in [5, 5.41) is 13.3. The SMILES string of the molecule is CC[N+](CC)(CCCCCCCCCCCC[N+](CC)(CC)CCCS(=O)(=O)[O-])CCCSOO[O-]. The highest BCUT2D eigenvalue weighted by molar-refractivity contribution is 7.94. The second-order valence-electron chi connectivity index (χ2n) is 10.3. The number of rotatable bonds is 27. The molecule has 0 amide bonds. The van der Waals surface area contributed by atoms with Crippen LogP contribution in [0.25, 0.3) is 0 Å². The lowest BCUT2D eigenvalue weighted by atomic mass is 10.1. The summed E-state index contributed by atoms with van der Waals surface area (Å²) >= 11 is 1.09. The summed E-state index contributed by atoms with van der Waals surface area (Å²) in [7, 11) is -4.10. The molecule has 36 heavy (non-hydrogen) atoms. The van der Waals surface area contributed by atoms with Crippen molar-refractivity contribution < 1.29 is 36.6 Å². The van der Waals surface area contributed by atoms with E-state index < -0.39 is 10.1 Å². The van der Waals surface area contributed by atoms with Crippen LogP contribution in [0, 0.1) is 0 Å². The van der Waals surface area contributed by atoms with Gasteiger partial charge in [-0.05, 0) is 53.4 Å². The van der Waals surface area contributed by atoms with E-state index in [9.17, 15) is 18.2 Å². The topological polar surface area (TPSA) is 98.7 Å². The number of hydrogen-bond acceptors (Lipinski definition) is 7. The van der Waals surface area contributed by atoms with Crippen LogP contribution in [-0.4, -0.2) is 85.8 Å². The van der Waals surface area contributed by atoms with Gasteiger partial charge in [0, 0.05) is 36.4 Å². The molecular formula is C26H56N2O6S2. The van der Waals surface area contributed by atoms with Crippen LogP contribution < -0.4 is 5.26 Å². The van der Waals surface area contributed by atoms with Gasteiger partial charge in [-0.25, -0.2) is 8.42 Å². The zero-order valence-corrected chi connectivity index (χ0v) is 25.3. The molecule has 0 N–H and O–H groups in total. The predicted molar refractivity (Wildman–Crippen MR) is 147 cm³/mol. The first-order valence-corrected chi connectivity index (χ1v) is 16.9. The standard InChI is InChI=1S/C26H56N2O6S2/c1-5-27(6-2,23-19-25-35-34-33-29)21-17-15-13-11-9-10-12-14-16-18-22-28(7-3,8-4)24-20-26-36(30,31)32/h5-26H2,1-4H3. The minimum absolute atomic E-state index is 0.236. The molecule has 0 saturated carbocycles. The van der Waals surface area contributed by atoms with Gasteiger partial charge in [-0.3, -0.25) is 5.04 Å². The first kappa shape index (κ1) is 36.1. The van der Waals surface area contributed by atoms with Crippen molar-refractivity contribution in [2.45, 2.75) is 105 Å². The minimum atomic E-state index is -4.10. The Labute approximate surface area is 227 Å². The molecule has 0 aliphatic heterocycles. The Morgan fingerprint density at radius 3 is 1.33 bits per heavy atom. The highest BCUT2D eigenvalue weighted by Gasteiger charge is 2.23. The fourth-order valence-corrected chi connectivity index (χ4v) is 6.17. The van der Waals surface area contributed by atoms with Crippen LogP contribution in [0.5, 0.6) is 0 Å². The summed E-state index contributed by atoms with van der Waals surface area (Å²) in [5.74, 6) is 0.550. The van der Waals surface area contributed by atoms with Crippen molar-refractivity contribution in [1.82, 2.24) is 0 Å². The van der Waals surface area contributed by atoms with Gasteiger partial charge in [-0.15, -0.1) is 0 Å². The van der Waals surface area contributed by atoms with Crippen molar-refractivity contribution in [2.75, 3.05) is 63.9 Å². The first-order chi connectivity index (χ1) is 17.2. The molecule has 0 radical (unpaired) electrons. The normalized spacial score (nSPS) is 12.9. The van der Waals surface area contributed by atoms with Crippen molar-refractivity contribution in [3.05, 3.63) is 0 Å². The molecule has 8 nitrogen and oxygen atoms in total. The zero-order valence-electron chi connectivity index (χ0n) is 23.7. The van der Waals surface area contributed by atoms with Crippen molar-refractivity contribution >= 4 is 22.2 Å². The molecule has 0 rings (SSSR count). The van der Waals surface area contributed by atoms with Crippen molar-refractivity contribution in [3.63, 3.8) is 0 Å². The summed E-state index contributed by atoms with van der Waals surface area (Å²) in [5.41, 5.74) is 0. The molecule has 0 heterocycles. The van der Waals surface area contributed by atoms with Crippen LogP contribution in [0.1, 0.15) is 105 Å². The van der Waals surface area contributed by atoms with E-state index in [0.717, 1.165) is 79.0 Å². The van der Waals surface area contributed by atoms with Gasteiger partial charge in [-0.1, -0.05) is 38.5 Å². The fourth-order valence-electron chi connectivity index (χ4n) is 5.33. The molecule has 0 aromatic heterocycles. The Kier molecular flexibility index (Phi) is 22.0. The molecule has 218 valence electrons. The van der Waals surface area contributed by atoms with Gasteiger partial charge in [-0.2, -0.15) is 4.33 Å². The van der Waals surface area contributed by atoms with Crippen LogP contribution in [0.3, 0.4) is 0 Å². The maximum atomic E-state index is 10.9. The first-order valence-electron chi connectivity index (χ1n) is 14.4. The summed E-state index contributed by atoms with van der Waals surface area (Å²) in [6.45, 7) is 17.4. The monoisotopic (exact) mass is 556 g/mol. The molecule has 0 unspecified atom stereocenters. The number of hydrogen-bond donors (Lipinski definition) is 0. The quantitative estimate of drug-likeness (QED) is 0.0358. The molecule has 10 heteroatoms. The summed E-state index contributed by atoms with van der Waals surface area (Å²) in [6, 6.07) is 0. The molecule has 0 aliphatic carbocycles. The van der Waals surface area contributed by atoms with E-state index in [2.05, 4.69) is 37.1 Å². The van der Waals surface area contributed by atoms with Gasteiger partial charge in [0.2, 0.25) is 0 Å². The molecule has 0 bridgehead atoms. The van der Waals surface area contributed by atoms with E-state index >= 15 is 0 Å². The maximum Gasteiger partial charge on any atom is 0.0948 e. The van der Waals surface area contributed by atoms with Gasteiger partial charge in [0.25, 0.3) is 0 Å². The van der Waals surface area contributed by atoms with Crippen LogP contribution in [0.2, 0.25) is 0 Å². The lowest BCUT2D eigenvalue weighted by Gasteiger charge is -2.37. The second kappa shape index (κ2) is 21.9. The van der Waals surface area contributed by atoms with Gasteiger partial charge < -0.3 is 18.8 Å². The Balaban J connectivity index is 3.85. The van der Waals surface area contributed by atoms with Crippen molar-refractivity contribution in [1.29, 1.82) is 0 Å². The van der Waals surface area contributed by atoms with Crippen molar-refractivity contribution in [3.8, 4) is 0 Å². The second-order valence-corrected chi connectivity index (χ2v) is 12.6. The van der Waals surface area contributed by atoms with E-state index in [4.69, 9.17) is 0 Å². The minimum Gasteiger partial charge on any atom is -0.748 e. The Morgan fingerprint density at radius 2 is 0.972 bits per heavy atom. The third-order valence-electron chi connectivity index (χ3n) is 8.16. The van der Waals surface area contributed by atoms with Gasteiger partial charge in [0.05, 0.1) is 62.5 Å². The summed E-state index contributed by atoms with van der Waals surface area (Å²) in [6.07, 6.45) is 14.4. The van der Waals surface area contributed by atoms with Crippen molar-refractivity contribution in [2.24, 2.45) is 0 Å². The van der Waals surface area contributed by atoms with Crippen LogP contribution in [0.4, 0.5) is 0 Å². The highest BCUT2D eigenvalue weighted by Crippen LogP contribution is 2.17. The number of quaternary nitrogens is 2. The predicted octanol–water partition coefficient (Wildman–Crippen LogP) is 4.80. The van der Waals surface area contributed by atoms with E-state index in [-0.39, 0.29) is 5.75 Å². The molecular weight excluding hydrogens is 500 g/mol. The molecule has 0 spiro atoms. The van der Waals surface area contributed by atoms with E-state index in [0.29, 0.717) is 6.42 Å². The molecule has 0 aromatic rings. The smallest absolute Gasteiger partial charge is 0.0948 e. The van der Waals surface area contributed by atoms with Crippen LogP contribution in [0.15, 0.2) is 0 Å². The maximum absolute atomic E-state index is 10.9. The number of nitrogens with zero attached hydrogens (tertiary/aromatic N) is 2.